The van der Waals surface area contributed by atoms with Gasteiger partial charge < -0.3 is 33.8 Å². The molecule has 0 bridgehead atoms. The van der Waals surface area contributed by atoms with Crippen LogP contribution in [0.25, 0.3) is 0 Å². The summed E-state index contributed by atoms with van der Waals surface area (Å²) >= 11 is 0. The maximum Gasteiger partial charge on any atom is 0.472 e. The fourth-order valence-electron chi connectivity index (χ4n) is 12.2. The molecular weight excluding hydrogens is 1280 g/mol. The van der Waals surface area contributed by atoms with Crippen molar-refractivity contribution >= 4 is 39.5 Å². The molecule has 0 fully saturated rings. The number of phosphoric acid groups is 2. The van der Waals surface area contributed by atoms with Crippen LogP contribution in [0.5, 0.6) is 0 Å². The van der Waals surface area contributed by atoms with Crippen molar-refractivity contribution in [1.82, 2.24) is 0 Å². The smallest absolute Gasteiger partial charge is 0.462 e. The van der Waals surface area contributed by atoms with Gasteiger partial charge in [0, 0.05) is 25.7 Å². The molecule has 0 spiro atoms. The third-order valence-corrected chi connectivity index (χ3v) is 20.4. The first-order chi connectivity index (χ1) is 47.4. The number of hydrogen-bond acceptors (Lipinski definition) is 15. The van der Waals surface area contributed by atoms with Crippen molar-refractivity contribution in [2.24, 2.45) is 11.8 Å². The van der Waals surface area contributed by atoms with Crippen LogP contribution in [0.4, 0.5) is 0 Å². The van der Waals surface area contributed by atoms with Crippen LogP contribution in [0, 0.1) is 11.8 Å². The third-order valence-electron chi connectivity index (χ3n) is 18.5. The van der Waals surface area contributed by atoms with Crippen molar-refractivity contribution in [2.45, 2.75) is 432 Å². The Morgan fingerprint density at radius 2 is 0.469 bits per heavy atom. The van der Waals surface area contributed by atoms with Crippen LogP contribution in [0.1, 0.15) is 414 Å². The van der Waals surface area contributed by atoms with Crippen molar-refractivity contribution in [3.63, 3.8) is 0 Å². The molecule has 98 heavy (non-hydrogen) atoms. The van der Waals surface area contributed by atoms with Gasteiger partial charge in [0.25, 0.3) is 0 Å². The fourth-order valence-corrected chi connectivity index (χ4v) is 13.8. The first-order valence-electron chi connectivity index (χ1n) is 41.0. The first-order valence-corrected chi connectivity index (χ1v) is 44.0. The van der Waals surface area contributed by atoms with E-state index in [1.807, 2.05) is 0 Å². The third kappa shape index (κ3) is 72.4. The van der Waals surface area contributed by atoms with E-state index in [0.717, 1.165) is 108 Å². The standard InChI is InChI=1S/C79H154O17P2/c1-7-9-11-13-14-15-16-17-18-19-20-21-25-28-34-39-44-50-56-62-77(82)90-68-75(96-79(84)64-57-51-45-40-35-29-26-23-22-24-27-32-37-42-48-53-59-71(3)4)70-94-98(87,88)92-66-73(80)65-91-97(85,86)93-69-74(67-89-76(81)61-55-47-12-10-8-2)95-78(83)63-58-52-46-41-36-31-30-33-38-43-49-54-60-72(5)6/h71-75,80H,7-70H2,1-6H3,(H,85,86)(H,87,88)/t73-,74+,75+/m0/s1. The normalized spacial score (nSPS) is 13.9. The lowest BCUT2D eigenvalue weighted by molar-refractivity contribution is -0.161. The molecule has 0 rings (SSSR count). The number of rotatable bonds is 78. The van der Waals surface area contributed by atoms with E-state index in [1.165, 1.54) is 225 Å². The second-order valence-corrected chi connectivity index (χ2v) is 32.3. The predicted octanol–water partition coefficient (Wildman–Crippen LogP) is 23.5. The maximum atomic E-state index is 13.1. The molecule has 0 aliphatic rings. The van der Waals surface area contributed by atoms with Crippen LogP contribution in [0.3, 0.4) is 0 Å². The zero-order valence-electron chi connectivity index (χ0n) is 64.1. The average Bonchev–Trinajstić information content (AvgIpc) is 1.01. The van der Waals surface area contributed by atoms with Gasteiger partial charge in [-0.1, -0.05) is 363 Å². The monoisotopic (exact) mass is 1440 g/mol. The summed E-state index contributed by atoms with van der Waals surface area (Å²) in [6.45, 7) is 9.57. The van der Waals surface area contributed by atoms with Crippen molar-refractivity contribution in [1.29, 1.82) is 0 Å². The van der Waals surface area contributed by atoms with Crippen molar-refractivity contribution in [3.8, 4) is 0 Å². The molecule has 0 radical (unpaired) electrons. The predicted molar refractivity (Wildman–Crippen MR) is 400 cm³/mol. The molecule has 0 heterocycles. The molecule has 0 aromatic heterocycles. The lowest BCUT2D eigenvalue weighted by Crippen LogP contribution is -2.30. The maximum absolute atomic E-state index is 13.1. The Bertz CT molecular complexity index is 1890. The van der Waals surface area contributed by atoms with Gasteiger partial charge >= 0.3 is 39.5 Å². The minimum absolute atomic E-state index is 0.106. The number of unbranched alkanes of at least 4 members (excludes halogenated alkanes) is 48. The second kappa shape index (κ2) is 70.7. The summed E-state index contributed by atoms with van der Waals surface area (Å²) < 4.78 is 68.4. The molecule has 582 valence electrons. The highest BCUT2D eigenvalue weighted by atomic mass is 31.2. The summed E-state index contributed by atoms with van der Waals surface area (Å²) in [6.07, 6.45) is 60.1. The van der Waals surface area contributed by atoms with Crippen molar-refractivity contribution in [3.05, 3.63) is 0 Å². The summed E-state index contributed by atoms with van der Waals surface area (Å²) in [5.41, 5.74) is 0. The van der Waals surface area contributed by atoms with Gasteiger partial charge in [-0.05, 0) is 37.5 Å². The number of carbonyl (C=O) groups is 4. The summed E-state index contributed by atoms with van der Waals surface area (Å²) in [5, 5.41) is 10.6. The van der Waals surface area contributed by atoms with Gasteiger partial charge in [0.2, 0.25) is 0 Å². The number of phosphoric ester groups is 2. The van der Waals surface area contributed by atoms with Gasteiger partial charge in [-0.2, -0.15) is 0 Å². The van der Waals surface area contributed by atoms with Gasteiger partial charge in [-0.25, -0.2) is 9.13 Å². The Balaban J connectivity index is 5.13. The number of aliphatic hydroxyl groups excluding tert-OH is 1. The molecule has 2 unspecified atom stereocenters. The largest absolute Gasteiger partial charge is 0.472 e. The van der Waals surface area contributed by atoms with Crippen LogP contribution < -0.4 is 0 Å². The minimum Gasteiger partial charge on any atom is -0.462 e. The number of carbonyl (C=O) groups excluding carboxylic acids is 4. The highest BCUT2D eigenvalue weighted by molar-refractivity contribution is 7.47. The Labute approximate surface area is 600 Å². The molecule has 0 aliphatic heterocycles. The second-order valence-electron chi connectivity index (χ2n) is 29.4. The summed E-state index contributed by atoms with van der Waals surface area (Å²) in [4.78, 5) is 72.6. The molecule has 3 N–H and O–H groups in total. The zero-order chi connectivity index (χ0) is 72.1. The van der Waals surface area contributed by atoms with Crippen LogP contribution in [0.15, 0.2) is 0 Å². The fraction of sp³-hybridized carbons (Fsp3) is 0.949. The molecule has 0 aliphatic carbocycles. The van der Waals surface area contributed by atoms with E-state index >= 15 is 0 Å². The Kier molecular flexibility index (Phi) is 69.3. The number of hydrogen-bond donors (Lipinski definition) is 3. The molecule has 0 saturated heterocycles. The first kappa shape index (κ1) is 96.1. The van der Waals surface area contributed by atoms with Gasteiger partial charge in [0.1, 0.15) is 19.3 Å². The quantitative estimate of drug-likeness (QED) is 0.0222. The van der Waals surface area contributed by atoms with Gasteiger partial charge in [-0.15, -0.1) is 0 Å². The minimum atomic E-state index is -4.96. The van der Waals surface area contributed by atoms with Crippen LogP contribution in [0.2, 0.25) is 0 Å². The van der Waals surface area contributed by atoms with Gasteiger partial charge in [-0.3, -0.25) is 37.3 Å². The van der Waals surface area contributed by atoms with E-state index in [9.17, 15) is 43.2 Å². The van der Waals surface area contributed by atoms with E-state index in [2.05, 4.69) is 41.5 Å². The molecule has 0 aromatic carbocycles. The lowest BCUT2D eigenvalue weighted by Gasteiger charge is -2.21. The molecule has 0 aromatic rings. The Morgan fingerprint density at radius 3 is 0.694 bits per heavy atom. The molecule has 19 heteroatoms. The molecular formula is C79H154O17P2. The van der Waals surface area contributed by atoms with Crippen LogP contribution >= 0.6 is 15.6 Å². The number of ether oxygens (including phenoxy) is 4. The Morgan fingerprint density at radius 1 is 0.276 bits per heavy atom. The molecule has 17 nitrogen and oxygen atoms in total. The summed E-state index contributed by atoms with van der Waals surface area (Å²) in [7, 11) is -9.91. The number of aliphatic hydroxyl groups is 1. The van der Waals surface area contributed by atoms with Gasteiger partial charge in [0.05, 0.1) is 26.4 Å². The average molecular weight is 1440 g/mol. The number of esters is 4. The molecule has 0 saturated carbocycles. The highest BCUT2D eigenvalue weighted by Gasteiger charge is 2.30. The van der Waals surface area contributed by atoms with E-state index in [1.54, 1.807) is 0 Å². The molecule has 5 atom stereocenters. The van der Waals surface area contributed by atoms with Crippen molar-refractivity contribution < 1.29 is 80.2 Å². The summed E-state index contributed by atoms with van der Waals surface area (Å²) in [5.74, 6) is -0.537. The topological polar surface area (TPSA) is 237 Å². The van der Waals surface area contributed by atoms with Crippen LogP contribution in [-0.4, -0.2) is 96.7 Å². The zero-order valence-corrected chi connectivity index (χ0v) is 65.9. The van der Waals surface area contributed by atoms with E-state index in [-0.39, 0.29) is 25.7 Å². The highest BCUT2D eigenvalue weighted by Crippen LogP contribution is 2.45. The van der Waals surface area contributed by atoms with E-state index in [4.69, 9.17) is 37.0 Å². The SMILES string of the molecule is CCCCCCCCCCCCCCCCCCCCCC(=O)OC[C@H](COP(=O)(O)OC[C@@H](O)COP(=O)(O)OC[C@@H](COC(=O)CCCCCCC)OC(=O)CCCCCCCCCCCCCCC(C)C)OC(=O)CCCCCCCCCCCCCCCCCCC(C)C. The molecule has 0 amide bonds. The van der Waals surface area contributed by atoms with Crippen molar-refractivity contribution in [2.75, 3.05) is 39.6 Å². The lowest BCUT2D eigenvalue weighted by atomic mass is 10.0. The van der Waals surface area contributed by atoms with Crippen LogP contribution in [-0.2, 0) is 65.4 Å². The van der Waals surface area contributed by atoms with E-state index < -0.39 is 97.5 Å². The Hall–Kier alpha value is -1.94. The van der Waals surface area contributed by atoms with E-state index in [0.29, 0.717) is 25.7 Å². The summed E-state index contributed by atoms with van der Waals surface area (Å²) in [6, 6.07) is 0. The van der Waals surface area contributed by atoms with Gasteiger partial charge in [0.15, 0.2) is 12.2 Å².